The van der Waals surface area contributed by atoms with Gasteiger partial charge < -0.3 is 20.4 Å². The Bertz CT molecular complexity index is 841. The van der Waals surface area contributed by atoms with Crippen LogP contribution in [0.3, 0.4) is 0 Å². The smallest absolute Gasteiger partial charge is 0.252 e. The fraction of sp³-hybridized carbons (Fsp3) is 0.478. The highest BCUT2D eigenvalue weighted by molar-refractivity contribution is 14.0. The van der Waals surface area contributed by atoms with Crippen LogP contribution in [0, 0.1) is 0 Å². The summed E-state index contributed by atoms with van der Waals surface area (Å²) in [6.07, 6.45) is 5.44. The molecule has 0 bridgehead atoms. The average Bonchev–Trinajstić information content (AvgIpc) is 3.32. The third kappa shape index (κ3) is 7.97. The van der Waals surface area contributed by atoms with Crippen LogP contribution in [0.4, 0.5) is 0 Å². The van der Waals surface area contributed by atoms with Gasteiger partial charge in [-0.05, 0) is 57.1 Å². The van der Waals surface area contributed by atoms with Gasteiger partial charge in [0.05, 0.1) is 29.4 Å². The molecule has 1 aliphatic rings. The number of hydrogen-bond donors (Lipinski definition) is 3. The number of likely N-dealkylation sites (tertiary alicyclic amines) is 1. The summed E-state index contributed by atoms with van der Waals surface area (Å²) in [5.74, 6) is 1.49. The number of piperidine rings is 1. The molecule has 1 aromatic carbocycles. The van der Waals surface area contributed by atoms with Crippen LogP contribution >= 0.6 is 35.6 Å². The minimum absolute atomic E-state index is 0. The first-order chi connectivity index (χ1) is 15.2. The summed E-state index contributed by atoms with van der Waals surface area (Å²) in [5, 5.41) is 9.89. The molecule has 0 spiro atoms. The molecular formula is C23H33ClIN5O2. The fourth-order valence-corrected chi connectivity index (χ4v) is 3.93. The number of rotatable bonds is 9. The number of benzene rings is 1. The number of guanidine groups is 1. The molecule has 9 heteroatoms. The van der Waals surface area contributed by atoms with Gasteiger partial charge >= 0.3 is 0 Å². The quantitative estimate of drug-likeness (QED) is 0.182. The number of nitrogens with one attached hydrogen (secondary N) is 3. The monoisotopic (exact) mass is 573 g/mol. The molecule has 32 heavy (non-hydrogen) atoms. The van der Waals surface area contributed by atoms with Crippen molar-refractivity contribution < 1.29 is 9.21 Å². The average molecular weight is 574 g/mol. The topological polar surface area (TPSA) is 81.9 Å². The predicted octanol–water partition coefficient (Wildman–Crippen LogP) is 4.06. The van der Waals surface area contributed by atoms with E-state index < -0.39 is 0 Å². The molecule has 1 fully saturated rings. The first-order valence-electron chi connectivity index (χ1n) is 11.0. The molecule has 7 nitrogen and oxygen atoms in total. The Hall–Kier alpha value is -1.78. The number of furan rings is 1. The number of halogens is 2. The van der Waals surface area contributed by atoms with Crippen LogP contribution in [-0.4, -0.2) is 56.0 Å². The van der Waals surface area contributed by atoms with Gasteiger partial charge in [-0.2, -0.15) is 0 Å². The molecule has 1 amide bonds. The van der Waals surface area contributed by atoms with Gasteiger partial charge in [0.15, 0.2) is 5.96 Å². The van der Waals surface area contributed by atoms with Crippen molar-refractivity contribution in [1.82, 2.24) is 20.9 Å². The minimum Gasteiger partial charge on any atom is -0.468 e. The van der Waals surface area contributed by atoms with Gasteiger partial charge in [-0.25, -0.2) is 0 Å². The molecule has 3 N–H and O–H groups in total. The zero-order valence-corrected chi connectivity index (χ0v) is 21.6. The molecule has 0 radical (unpaired) electrons. The predicted molar refractivity (Wildman–Crippen MR) is 140 cm³/mol. The Kier molecular flexibility index (Phi) is 11.9. The lowest BCUT2D eigenvalue weighted by Crippen LogP contribution is -2.42. The molecule has 0 saturated carbocycles. The second-order valence-electron chi connectivity index (χ2n) is 7.51. The Labute approximate surface area is 212 Å². The molecule has 1 saturated heterocycles. The Morgan fingerprint density at radius 3 is 2.53 bits per heavy atom. The first-order valence-corrected chi connectivity index (χ1v) is 11.4. The molecule has 2 heterocycles. The van der Waals surface area contributed by atoms with Crippen LogP contribution in [0.5, 0.6) is 0 Å². The molecular weight excluding hydrogens is 541 g/mol. The van der Waals surface area contributed by atoms with Gasteiger partial charge in [-0.1, -0.05) is 30.2 Å². The molecule has 1 atom stereocenters. The number of carbonyl (C=O) groups excluding carboxylic acids is 1. The Morgan fingerprint density at radius 2 is 1.84 bits per heavy atom. The van der Waals surface area contributed by atoms with E-state index in [1.54, 1.807) is 30.5 Å². The molecule has 176 valence electrons. The lowest BCUT2D eigenvalue weighted by Gasteiger charge is -2.32. The highest BCUT2D eigenvalue weighted by atomic mass is 127. The van der Waals surface area contributed by atoms with Crippen molar-refractivity contribution in [3.05, 3.63) is 59.0 Å². The van der Waals surface area contributed by atoms with Gasteiger partial charge in [0.1, 0.15) is 5.76 Å². The normalized spacial score (nSPS) is 15.5. The summed E-state index contributed by atoms with van der Waals surface area (Å²) in [6, 6.07) is 11.1. The second kappa shape index (κ2) is 14.4. The van der Waals surface area contributed by atoms with Crippen molar-refractivity contribution in [2.75, 3.05) is 39.3 Å². The van der Waals surface area contributed by atoms with E-state index >= 15 is 0 Å². The summed E-state index contributed by atoms with van der Waals surface area (Å²) in [6.45, 7) is 6.55. The summed E-state index contributed by atoms with van der Waals surface area (Å²) >= 11 is 6.08. The molecule has 0 aliphatic carbocycles. The van der Waals surface area contributed by atoms with E-state index in [0.717, 1.165) is 31.4 Å². The second-order valence-corrected chi connectivity index (χ2v) is 7.92. The SMILES string of the molecule is CCNC(=NCC(c1ccco1)N1CCCCC1)NCCNC(=O)c1ccccc1Cl.I. The maximum atomic E-state index is 12.3. The standard InChI is InChI=1S/C23H32ClN5O2.HI/c1-2-25-23(27-13-12-26-22(30)18-9-4-5-10-19(18)24)28-17-20(21-11-8-16-31-21)29-14-6-3-7-15-29;/h4-5,8-11,16,20H,2-3,6-7,12-15,17H2,1H3,(H,26,30)(H2,25,27,28);1H. The third-order valence-electron chi connectivity index (χ3n) is 5.29. The van der Waals surface area contributed by atoms with Gasteiger partial charge in [0.2, 0.25) is 0 Å². The van der Waals surface area contributed by atoms with Crippen LogP contribution in [0.15, 0.2) is 52.1 Å². The highest BCUT2D eigenvalue weighted by Gasteiger charge is 2.24. The van der Waals surface area contributed by atoms with Crippen LogP contribution in [-0.2, 0) is 0 Å². The van der Waals surface area contributed by atoms with Gasteiger partial charge in [0, 0.05) is 19.6 Å². The van der Waals surface area contributed by atoms with Crippen molar-refractivity contribution in [3.8, 4) is 0 Å². The molecule has 1 unspecified atom stereocenters. The largest absolute Gasteiger partial charge is 0.468 e. The van der Waals surface area contributed by atoms with Crippen molar-refractivity contribution in [3.63, 3.8) is 0 Å². The number of nitrogens with zero attached hydrogens (tertiary/aromatic N) is 2. The summed E-state index contributed by atoms with van der Waals surface area (Å²) in [7, 11) is 0. The van der Waals surface area contributed by atoms with Crippen molar-refractivity contribution in [1.29, 1.82) is 0 Å². The maximum absolute atomic E-state index is 12.3. The minimum atomic E-state index is -0.183. The molecule has 3 rings (SSSR count). The van der Waals surface area contributed by atoms with E-state index in [1.165, 1.54) is 19.3 Å². The summed E-state index contributed by atoms with van der Waals surface area (Å²) < 4.78 is 5.71. The van der Waals surface area contributed by atoms with Crippen LogP contribution in [0.25, 0.3) is 0 Å². The van der Waals surface area contributed by atoms with Crippen LogP contribution in [0.1, 0.15) is 48.3 Å². The number of carbonyl (C=O) groups is 1. The van der Waals surface area contributed by atoms with Crippen LogP contribution < -0.4 is 16.0 Å². The highest BCUT2D eigenvalue weighted by Crippen LogP contribution is 2.25. The van der Waals surface area contributed by atoms with Gasteiger partial charge in [-0.15, -0.1) is 24.0 Å². The number of hydrogen-bond acceptors (Lipinski definition) is 4. The zero-order chi connectivity index (χ0) is 21.9. The number of aliphatic imine (C=N–C) groups is 1. The first kappa shape index (κ1) is 26.5. The third-order valence-corrected chi connectivity index (χ3v) is 5.62. The van der Waals surface area contributed by atoms with Gasteiger partial charge in [-0.3, -0.25) is 14.7 Å². The van der Waals surface area contributed by atoms with E-state index in [1.807, 2.05) is 19.1 Å². The van der Waals surface area contributed by atoms with E-state index in [0.29, 0.717) is 30.2 Å². The number of amides is 1. The zero-order valence-electron chi connectivity index (χ0n) is 18.5. The van der Waals surface area contributed by atoms with Gasteiger partial charge in [0.25, 0.3) is 5.91 Å². The van der Waals surface area contributed by atoms with E-state index in [9.17, 15) is 4.79 Å². The maximum Gasteiger partial charge on any atom is 0.252 e. The lowest BCUT2D eigenvalue weighted by atomic mass is 10.1. The Balaban J connectivity index is 0.00000363. The summed E-state index contributed by atoms with van der Waals surface area (Å²) in [4.78, 5) is 19.5. The molecule has 1 aliphatic heterocycles. The van der Waals surface area contributed by atoms with E-state index in [-0.39, 0.29) is 35.9 Å². The molecule has 1 aromatic heterocycles. The van der Waals surface area contributed by atoms with E-state index in [2.05, 4.69) is 20.9 Å². The van der Waals surface area contributed by atoms with Crippen molar-refractivity contribution in [2.24, 2.45) is 4.99 Å². The van der Waals surface area contributed by atoms with Crippen molar-refractivity contribution >= 4 is 47.4 Å². The molecule has 2 aromatic rings. The van der Waals surface area contributed by atoms with Crippen LogP contribution in [0.2, 0.25) is 5.02 Å². The van der Waals surface area contributed by atoms with E-state index in [4.69, 9.17) is 21.0 Å². The lowest BCUT2D eigenvalue weighted by molar-refractivity contribution is 0.0954. The summed E-state index contributed by atoms with van der Waals surface area (Å²) in [5.41, 5.74) is 0.479. The van der Waals surface area contributed by atoms with Crippen molar-refractivity contribution in [2.45, 2.75) is 32.2 Å². The fourth-order valence-electron chi connectivity index (χ4n) is 3.71. The Morgan fingerprint density at radius 1 is 1.09 bits per heavy atom.